The van der Waals surface area contributed by atoms with Crippen molar-refractivity contribution < 1.29 is 9.47 Å². The molecule has 1 fully saturated rings. The van der Waals surface area contributed by atoms with E-state index in [1.807, 2.05) is 35.0 Å². The molecule has 0 N–H and O–H groups in total. The average molecular weight is 301 g/mol. The van der Waals surface area contributed by atoms with Gasteiger partial charge in [0.15, 0.2) is 0 Å². The first-order chi connectivity index (χ1) is 10.3. The molecule has 6 heteroatoms. The van der Waals surface area contributed by atoms with Crippen molar-refractivity contribution in [2.75, 3.05) is 13.7 Å². The van der Waals surface area contributed by atoms with Crippen LogP contribution >= 0.6 is 11.3 Å². The Morgan fingerprint density at radius 2 is 2.19 bits per heavy atom. The zero-order valence-electron chi connectivity index (χ0n) is 11.7. The molecule has 3 heterocycles. The van der Waals surface area contributed by atoms with Crippen molar-refractivity contribution in [2.24, 2.45) is 0 Å². The Balaban J connectivity index is 1.65. The molecule has 1 aliphatic rings. The number of hydrogen-bond donors (Lipinski definition) is 0. The second kappa shape index (κ2) is 5.13. The molecular formula is C15H15N3O2S. The summed E-state index contributed by atoms with van der Waals surface area (Å²) >= 11 is 1.61. The summed E-state index contributed by atoms with van der Waals surface area (Å²) in [6, 6.07) is 7.89. The van der Waals surface area contributed by atoms with Gasteiger partial charge in [0.1, 0.15) is 16.9 Å². The van der Waals surface area contributed by atoms with Crippen molar-refractivity contribution in [1.82, 2.24) is 14.6 Å². The number of imidazole rings is 1. The lowest BCUT2D eigenvalue weighted by molar-refractivity contribution is 0.111. The molecule has 0 amide bonds. The lowest BCUT2D eigenvalue weighted by Gasteiger charge is -2.02. The Hall–Kier alpha value is -1.92. The van der Waals surface area contributed by atoms with Crippen molar-refractivity contribution >= 4 is 16.3 Å². The van der Waals surface area contributed by atoms with Crippen LogP contribution in [0.1, 0.15) is 24.0 Å². The number of methoxy groups -OCH3 is 1. The molecule has 1 aromatic carbocycles. The molecule has 5 nitrogen and oxygen atoms in total. The van der Waals surface area contributed by atoms with Crippen LogP contribution in [-0.4, -0.2) is 28.3 Å². The zero-order chi connectivity index (χ0) is 14.2. The van der Waals surface area contributed by atoms with E-state index in [1.54, 1.807) is 18.4 Å². The van der Waals surface area contributed by atoms with Gasteiger partial charge in [0, 0.05) is 12.2 Å². The molecule has 0 aliphatic carbocycles. The van der Waals surface area contributed by atoms with Crippen molar-refractivity contribution in [3.63, 3.8) is 0 Å². The minimum Gasteiger partial charge on any atom is -0.497 e. The van der Waals surface area contributed by atoms with E-state index < -0.39 is 0 Å². The molecule has 0 radical (unpaired) electrons. The van der Waals surface area contributed by atoms with Crippen LogP contribution in [0.2, 0.25) is 0 Å². The van der Waals surface area contributed by atoms with Crippen molar-refractivity contribution in [3.05, 3.63) is 35.5 Å². The van der Waals surface area contributed by atoms with Gasteiger partial charge in [-0.1, -0.05) is 11.3 Å². The van der Waals surface area contributed by atoms with Gasteiger partial charge in [-0.15, -0.1) is 0 Å². The molecule has 3 aromatic rings. The van der Waals surface area contributed by atoms with Gasteiger partial charge in [-0.25, -0.2) is 9.50 Å². The normalized spacial score (nSPS) is 18.4. The molecule has 0 saturated carbocycles. The van der Waals surface area contributed by atoms with Gasteiger partial charge in [0.05, 0.1) is 19.0 Å². The van der Waals surface area contributed by atoms with E-state index in [-0.39, 0.29) is 6.10 Å². The minimum absolute atomic E-state index is 0.154. The third-order valence-corrected chi connectivity index (χ3v) is 4.66. The van der Waals surface area contributed by atoms with Crippen LogP contribution in [0, 0.1) is 0 Å². The Bertz CT molecular complexity index is 725. The van der Waals surface area contributed by atoms with Gasteiger partial charge >= 0.3 is 0 Å². The quantitative estimate of drug-likeness (QED) is 0.744. The van der Waals surface area contributed by atoms with E-state index in [0.29, 0.717) is 0 Å². The Morgan fingerprint density at radius 1 is 1.33 bits per heavy atom. The monoisotopic (exact) mass is 301 g/mol. The summed E-state index contributed by atoms with van der Waals surface area (Å²) in [6.45, 7) is 0.837. The van der Waals surface area contributed by atoms with Crippen LogP contribution in [0.3, 0.4) is 0 Å². The SMILES string of the molecule is COc1ccc(-c2cn3nc(C4CCCO4)sc3n2)cc1. The molecule has 1 unspecified atom stereocenters. The smallest absolute Gasteiger partial charge is 0.212 e. The molecule has 4 rings (SSSR count). The summed E-state index contributed by atoms with van der Waals surface area (Å²) in [5.41, 5.74) is 1.99. The van der Waals surface area contributed by atoms with Gasteiger partial charge in [-0.3, -0.25) is 0 Å². The third kappa shape index (κ3) is 2.30. The summed E-state index contributed by atoms with van der Waals surface area (Å²) in [7, 11) is 1.66. The number of nitrogens with zero attached hydrogens (tertiary/aromatic N) is 3. The van der Waals surface area contributed by atoms with Crippen LogP contribution in [0.15, 0.2) is 30.5 Å². The maximum Gasteiger partial charge on any atom is 0.212 e. The summed E-state index contributed by atoms with van der Waals surface area (Å²) in [4.78, 5) is 5.56. The van der Waals surface area contributed by atoms with Gasteiger partial charge in [0.25, 0.3) is 0 Å². The molecular weight excluding hydrogens is 286 g/mol. The summed E-state index contributed by atoms with van der Waals surface area (Å²) in [6.07, 6.45) is 4.29. The molecule has 2 aromatic heterocycles. The van der Waals surface area contributed by atoms with Crippen LogP contribution in [0.5, 0.6) is 5.75 Å². The summed E-state index contributed by atoms with van der Waals surface area (Å²) in [5, 5.41) is 5.62. The highest BCUT2D eigenvalue weighted by Gasteiger charge is 2.22. The fraction of sp³-hybridized carbons (Fsp3) is 0.333. The number of fused-ring (bicyclic) bond motifs is 1. The average Bonchev–Trinajstić information content (AvgIpc) is 3.22. The Morgan fingerprint density at radius 3 is 2.86 bits per heavy atom. The Kier molecular flexibility index (Phi) is 3.12. The van der Waals surface area contributed by atoms with E-state index in [2.05, 4.69) is 10.1 Å². The van der Waals surface area contributed by atoms with Crippen molar-refractivity contribution in [3.8, 4) is 17.0 Å². The van der Waals surface area contributed by atoms with Crippen molar-refractivity contribution in [2.45, 2.75) is 18.9 Å². The number of aromatic nitrogens is 3. The molecule has 0 bridgehead atoms. The predicted octanol–water partition coefficient (Wildman–Crippen LogP) is 3.32. The largest absolute Gasteiger partial charge is 0.497 e. The topological polar surface area (TPSA) is 48.7 Å². The van der Waals surface area contributed by atoms with Crippen LogP contribution < -0.4 is 4.74 Å². The number of ether oxygens (including phenoxy) is 2. The second-order valence-electron chi connectivity index (χ2n) is 5.02. The fourth-order valence-corrected chi connectivity index (χ4v) is 3.48. The molecule has 1 atom stereocenters. The van der Waals surface area contributed by atoms with Crippen LogP contribution in [0.25, 0.3) is 16.2 Å². The number of benzene rings is 1. The lowest BCUT2D eigenvalue weighted by Crippen LogP contribution is -1.95. The van der Waals surface area contributed by atoms with Gasteiger partial charge in [-0.05, 0) is 37.1 Å². The molecule has 21 heavy (non-hydrogen) atoms. The van der Waals surface area contributed by atoms with Gasteiger partial charge in [0.2, 0.25) is 4.96 Å². The van der Waals surface area contributed by atoms with E-state index in [1.165, 1.54) is 0 Å². The van der Waals surface area contributed by atoms with Gasteiger partial charge in [-0.2, -0.15) is 5.10 Å². The maximum absolute atomic E-state index is 5.67. The number of hydrogen-bond acceptors (Lipinski definition) is 5. The summed E-state index contributed by atoms with van der Waals surface area (Å²) in [5.74, 6) is 0.846. The highest BCUT2D eigenvalue weighted by atomic mass is 32.1. The third-order valence-electron chi connectivity index (χ3n) is 3.65. The van der Waals surface area contributed by atoms with E-state index in [4.69, 9.17) is 9.47 Å². The maximum atomic E-state index is 5.67. The molecule has 0 spiro atoms. The second-order valence-corrected chi connectivity index (χ2v) is 6.01. The van der Waals surface area contributed by atoms with E-state index in [0.717, 1.165) is 46.4 Å². The standard InChI is InChI=1S/C15H15N3O2S/c1-19-11-6-4-10(5-7-11)12-9-18-15(16-12)21-14(17-18)13-3-2-8-20-13/h4-7,9,13H,2-3,8H2,1H3. The zero-order valence-corrected chi connectivity index (χ0v) is 12.5. The van der Waals surface area contributed by atoms with Crippen molar-refractivity contribution in [1.29, 1.82) is 0 Å². The molecule has 108 valence electrons. The van der Waals surface area contributed by atoms with Gasteiger partial charge < -0.3 is 9.47 Å². The van der Waals surface area contributed by atoms with E-state index >= 15 is 0 Å². The first-order valence-corrected chi connectivity index (χ1v) is 7.77. The first kappa shape index (κ1) is 12.8. The van der Waals surface area contributed by atoms with Crippen LogP contribution in [0.4, 0.5) is 0 Å². The molecule has 1 saturated heterocycles. The molecule has 1 aliphatic heterocycles. The highest BCUT2D eigenvalue weighted by molar-refractivity contribution is 7.16. The van der Waals surface area contributed by atoms with Crippen LogP contribution in [-0.2, 0) is 4.74 Å². The Labute approximate surface area is 126 Å². The first-order valence-electron chi connectivity index (χ1n) is 6.95. The van der Waals surface area contributed by atoms with E-state index in [9.17, 15) is 0 Å². The minimum atomic E-state index is 0.154. The predicted molar refractivity (Wildman–Crippen MR) is 80.8 cm³/mol. The summed E-state index contributed by atoms with van der Waals surface area (Å²) < 4.78 is 12.7. The number of rotatable bonds is 3. The highest BCUT2D eigenvalue weighted by Crippen LogP contribution is 2.32. The lowest BCUT2D eigenvalue weighted by atomic mass is 10.2. The fourth-order valence-electron chi connectivity index (χ4n) is 2.52.